The maximum atomic E-state index is 11.4. The monoisotopic (exact) mass is 360 g/mol. The molecule has 6 heteroatoms. The van der Waals surface area contributed by atoms with Crippen LogP contribution in [-0.4, -0.2) is 28.6 Å². The molecular formula is C14H21BrN2O2S. The molecule has 4 nitrogen and oxygen atoms in total. The van der Waals surface area contributed by atoms with Gasteiger partial charge in [0.1, 0.15) is 0 Å². The number of thioether (sulfide) groups is 1. The Morgan fingerprint density at radius 3 is 2.75 bits per heavy atom. The van der Waals surface area contributed by atoms with Gasteiger partial charge in [0.2, 0.25) is 0 Å². The van der Waals surface area contributed by atoms with Gasteiger partial charge in [-0.3, -0.25) is 9.48 Å². The predicted octanol–water partition coefficient (Wildman–Crippen LogP) is 3.32. The van der Waals surface area contributed by atoms with Crippen LogP contribution in [0.5, 0.6) is 0 Å². The van der Waals surface area contributed by atoms with Crippen molar-refractivity contribution in [3.05, 3.63) is 15.9 Å². The van der Waals surface area contributed by atoms with Gasteiger partial charge in [-0.15, -0.1) is 0 Å². The standard InChI is InChI=1S/C14H21BrN2O2S/c1-4-10-13(15)11(17(2)16-10)8-20-9-14(5-6-14)7-12(18)19-3/h4-9H2,1-3H3. The first-order valence-electron chi connectivity index (χ1n) is 6.86. The Morgan fingerprint density at radius 1 is 1.55 bits per heavy atom. The second kappa shape index (κ2) is 6.52. The SMILES string of the molecule is CCc1nn(C)c(CSCC2(CC(=O)OC)CC2)c1Br. The first-order chi connectivity index (χ1) is 9.51. The molecule has 0 N–H and O–H groups in total. The maximum absolute atomic E-state index is 11.4. The minimum atomic E-state index is -0.0851. The summed E-state index contributed by atoms with van der Waals surface area (Å²) in [5.41, 5.74) is 2.52. The van der Waals surface area contributed by atoms with Crippen LogP contribution >= 0.6 is 27.7 Å². The van der Waals surface area contributed by atoms with Crippen molar-refractivity contribution in [2.45, 2.75) is 38.4 Å². The van der Waals surface area contributed by atoms with Gasteiger partial charge < -0.3 is 4.74 Å². The molecular weight excluding hydrogens is 340 g/mol. The summed E-state index contributed by atoms with van der Waals surface area (Å²) in [6.07, 6.45) is 3.78. The molecule has 1 saturated carbocycles. The Labute approximate surface area is 132 Å². The highest BCUT2D eigenvalue weighted by Crippen LogP contribution is 2.51. The van der Waals surface area contributed by atoms with Crippen molar-refractivity contribution < 1.29 is 9.53 Å². The Hall–Kier alpha value is -0.490. The number of aryl methyl sites for hydroxylation is 2. The van der Waals surface area contributed by atoms with E-state index in [4.69, 9.17) is 4.74 Å². The Bertz CT molecular complexity index is 498. The van der Waals surface area contributed by atoms with Gasteiger partial charge in [-0.2, -0.15) is 16.9 Å². The first kappa shape index (κ1) is 15.9. The number of carbonyl (C=O) groups is 1. The molecule has 0 atom stereocenters. The zero-order valence-corrected chi connectivity index (χ0v) is 14.6. The topological polar surface area (TPSA) is 44.1 Å². The van der Waals surface area contributed by atoms with Gasteiger partial charge in [0.25, 0.3) is 0 Å². The minimum Gasteiger partial charge on any atom is -0.469 e. The third-order valence-electron chi connectivity index (χ3n) is 3.85. The zero-order valence-electron chi connectivity index (χ0n) is 12.2. The molecule has 0 unspecified atom stereocenters. The van der Waals surface area contributed by atoms with Gasteiger partial charge in [0, 0.05) is 12.8 Å². The van der Waals surface area contributed by atoms with E-state index in [0.717, 1.165) is 40.9 Å². The van der Waals surface area contributed by atoms with Crippen molar-refractivity contribution in [1.29, 1.82) is 0 Å². The zero-order chi connectivity index (χ0) is 14.8. The number of halogens is 1. The molecule has 0 bridgehead atoms. The van der Waals surface area contributed by atoms with Gasteiger partial charge >= 0.3 is 5.97 Å². The average molecular weight is 361 g/mol. The van der Waals surface area contributed by atoms with E-state index in [2.05, 4.69) is 28.0 Å². The molecule has 2 rings (SSSR count). The largest absolute Gasteiger partial charge is 0.469 e. The molecule has 0 saturated heterocycles. The summed E-state index contributed by atoms with van der Waals surface area (Å²) in [5.74, 6) is 1.85. The van der Waals surface area contributed by atoms with Crippen LogP contribution < -0.4 is 0 Å². The quantitative estimate of drug-likeness (QED) is 0.699. The molecule has 20 heavy (non-hydrogen) atoms. The van der Waals surface area contributed by atoms with Gasteiger partial charge in [-0.25, -0.2) is 0 Å². The second-order valence-electron chi connectivity index (χ2n) is 5.43. The highest BCUT2D eigenvalue weighted by atomic mass is 79.9. The lowest BCUT2D eigenvalue weighted by molar-refractivity contribution is -0.141. The van der Waals surface area contributed by atoms with E-state index in [1.54, 1.807) is 0 Å². The molecule has 1 aromatic rings. The third kappa shape index (κ3) is 3.58. The molecule has 1 aliphatic rings. The Balaban J connectivity index is 1.87. The van der Waals surface area contributed by atoms with Crippen LogP contribution in [-0.2, 0) is 28.8 Å². The highest BCUT2D eigenvalue weighted by molar-refractivity contribution is 9.10. The van der Waals surface area contributed by atoms with Crippen LogP contribution in [0.2, 0.25) is 0 Å². The minimum absolute atomic E-state index is 0.0851. The van der Waals surface area contributed by atoms with E-state index in [-0.39, 0.29) is 11.4 Å². The van der Waals surface area contributed by atoms with E-state index >= 15 is 0 Å². The van der Waals surface area contributed by atoms with Crippen molar-refractivity contribution in [2.24, 2.45) is 12.5 Å². The van der Waals surface area contributed by atoms with Gasteiger partial charge in [0.05, 0.1) is 29.4 Å². The maximum Gasteiger partial charge on any atom is 0.306 e. The summed E-state index contributed by atoms with van der Waals surface area (Å²) in [6, 6.07) is 0. The summed E-state index contributed by atoms with van der Waals surface area (Å²) in [4.78, 5) is 11.4. The van der Waals surface area contributed by atoms with E-state index < -0.39 is 0 Å². The molecule has 0 aromatic carbocycles. The number of methoxy groups -OCH3 is 1. The Kier molecular flexibility index (Phi) is 5.18. The van der Waals surface area contributed by atoms with Crippen molar-refractivity contribution in [3.63, 3.8) is 0 Å². The summed E-state index contributed by atoms with van der Waals surface area (Å²) in [6.45, 7) is 2.11. The lowest BCUT2D eigenvalue weighted by Crippen LogP contribution is -2.13. The van der Waals surface area contributed by atoms with Gasteiger partial charge in [-0.05, 0) is 46.4 Å². The summed E-state index contributed by atoms with van der Waals surface area (Å²) >= 11 is 5.52. The lowest BCUT2D eigenvalue weighted by atomic mass is 10.1. The fourth-order valence-corrected chi connectivity index (χ4v) is 4.66. The van der Waals surface area contributed by atoms with Crippen LogP contribution in [0.4, 0.5) is 0 Å². The van der Waals surface area contributed by atoms with Gasteiger partial charge in [-0.1, -0.05) is 6.92 Å². The van der Waals surface area contributed by atoms with Crippen molar-refractivity contribution in [2.75, 3.05) is 12.9 Å². The summed E-state index contributed by atoms with van der Waals surface area (Å²) in [5, 5.41) is 4.50. The fraction of sp³-hybridized carbons (Fsp3) is 0.714. The molecule has 1 aliphatic carbocycles. The number of ether oxygens (including phenoxy) is 1. The van der Waals surface area contributed by atoms with Crippen LogP contribution in [0.3, 0.4) is 0 Å². The smallest absolute Gasteiger partial charge is 0.306 e. The highest BCUT2D eigenvalue weighted by Gasteiger charge is 2.44. The summed E-state index contributed by atoms with van der Waals surface area (Å²) < 4.78 is 7.86. The first-order valence-corrected chi connectivity index (χ1v) is 8.81. The lowest BCUT2D eigenvalue weighted by Gasteiger charge is -2.13. The molecule has 0 aliphatic heterocycles. The van der Waals surface area contributed by atoms with Crippen LogP contribution in [0.25, 0.3) is 0 Å². The number of rotatable bonds is 7. The summed E-state index contributed by atoms with van der Waals surface area (Å²) in [7, 11) is 3.45. The van der Waals surface area contributed by atoms with Crippen LogP contribution in [0.15, 0.2) is 4.47 Å². The second-order valence-corrected chi connectivity index (χ2v) is 7.21. The average Bonchev–Trinajstić information content (AvgIpc) is 3.13. The number of hydrogen-bond donors (Lipinski definition) is 0. The number of aromatic nitrogens is 2. The van der Waals surface area contributed by atoms with Crippen molar-refractivity contribution in [1.82, 2.24) is 9.78 Å². The molecule has 1 fully saturated rings. The van der Waals surface area contributed by atoms with E-state index in [0.29, 0.717) is 6.42 Å². The van der Waals surface area contributed by atoms with E-state index in [9.17, 15) is 4.79 Å². The van der Waals surface area contributed by atoms with Crippen molar-refractivity contribution in [3.8, 4) is 0 Å². The molecule has 0 spiro atoms. The molecule has 1 aromatic heterocycles. The Morgan fingerprint density at radius 2 is 2.25 bits per heavy atom. The van der Waals surface area contributed by atoms with Gasteiger partial charge in [0.15, 0.2) is 0 Å². The van der Waals surface area contributed by atoms with Crippen LogP contribution in [0, 0.1) is 5.41 Å². The normalized spacial score (nSPS) is 16.2. The molecule has 0 amide bonds. The number of nitrogens with zero attached hydrogens (tertiary/aromatic N) is 2. The molecule has 1 heterocycles. The van der Waals surface area contributed by atoms with Crippen LogP contribution in [0.1, 0.15) is 37.6 Å². The number of carbonyl (C=O) groups excluding carboxylic acids is 1. The fourth-order valence-electron chi connectivity index (χ4n) is 2.27. The van der Waals surface area contributed by atoms with E-state index in [1.807, 2.05) is 23.5 Å². The molecule has 0 radical (unpaired) electrons. The van der Waals surface area contributed by atoms with Crippen molar-refractivity contribution >= 4 is 33.7 Å². The third-order valence-corrected chi connectivity index (χ3v) is 6.06. The number of esters is 1. The molecule has 112 valence electrons. The predicted molar refractivity (Wildman–Crippen MR) is 84.7 cm³/mol. The number of hydrogen-bond acceptors (Lipinski definition) is 4. The van der Waals surface area contributed by atoms with E-state index in [1.165, 1.54) is 12.8 Å².